The molecule has 17 N–H and O–H groups in total. The maximum atomic E-state index is 14.2. The molecule has 424 valence electrons. The number of nitrogens with zero attached hydrogens (tertiary/aromatic N) is 1. The van der Waals surface area contributed by atoms with E-state index in [1.165, 1.54) is 6.92 Å². The Balaban J connectivity index is 3.18. The zero-order valence-corrected chi connectivity index (χ0v) is 43.7. The summed E-state index contributed by atoms with van der Waals surface area (Å²) in [7, 11) is 0. The van der Waals surface area contributed by atoms with Crippen LogP contribution in [0.5, 0.6) is 0 Å². The molecule has 0 aliphatic carbocycles. The van der Waals surface area contributed by atoms with Gasteiger partial charge in [0.1, 0.15) is 48.3 Å². The highest BCUT2D eigenvalue weighted by atomic mass is 16.4. The third kappa shape index (κ3) is 23.8. The number of rotatable bonds is 33. The quantitative estimate of drug-likeness (QED) is 0.0291. The molecular formula is C46H78N12O17. The lowest BCUT2D eigenvalue weighted by atomic mass is 10.00. The molecule has 1 rings (SSSR count). The lowest BCUT2D eigenvalue weighted by molar-refractivity contribution is -0.145. The van der Waals surface area contributed by atoms with Crippen molar-refractivity contribution in [3.05, 3.63) is 0 Å². The van der Waals surface area contributed by atoms with Crippen molar-refractivity contribution < 1.29 is 82.8 Å². The number of carbonyl (C=O) groups excluding carboxylic acids is 11. The van der Waals surface area contributed by atoms with E-state index in [9.17, 15) is 82.8 Å². The predicted molar refractivity (Wildman–Crippen MR) is 263 cm³/mol. The minimum absolute atomic E-state index is 0.00650. The van der Waals surface area contributed by atoms with Gasteiger partial charge in [-0.3, -0.25) is 57.5 Å². The molecule has 0 saturated carbocycles. The summed E-state index contributed by atoms with van der Waals surface area (Å²) in [5.74, 6) is -13.3. The van der Waals surface area contributed by atoms with Gasteiger partial charge in [0.15, 0.2) is 0 Å². The zero-order chi connectivity index (χ0) is 57.4. The van der Waals surface area contributed by atoms with E-state index in [1.54, 1.807) is 41.5 Å². The van der Waals surface area contributed by atoms with Gasteiger partial charge in [0.05, 0.1) is 31.8 Å². The lowest BCUT2D eigenvalue weighted by Gasteiger charge is -2.32. The number of hydrogen-bond donors (Lipinski definition) is 15. The van der Waals surface area contributed by atoms with Crippen LogP contribution in [0.3, 0.4) is 0 Å². The Morgan fingerprint density at radius 2 is 1.07 bits per heavy atom. The molecule has 1 saturated heterocycles. The first-order chi connectivity index (χ1) is 34.9. The van der Waals surface area contributed by atoms with Crippen LogP contribution in [0.4, 0.5) is 0 Å². The fourth-order valence-corrected chi connectivity index (χ4v) is 7.42. The van der Waals surface area contributed by atoms with Crippen LogP contribution >= 0.6 is 0 Å². The van der Waals surface area contributed by atoms with E-state index in [0.29, 0.717) is 6.42 Å². The van der Waals surface area contributed by atoms with Crippen molar-refractivity contribution in [1.82, 2.24) is 52.8 Å². The average Bonchev–Trinajstić information content (AvgIpc) is 3.82. The topological polar surface area (TPSA) is 466 Å². The summed E-state index contributed by atoms with van der Waals surface area (Å²) in [5, 5.41) is 59.6. The standard InChI is InChI=1S/C46H78N12O17/c1-21(2)16-28(53-34(63)18-49-38(66)24(7)51-39(67)26(11-13-32(47)61)52-33(62)19-50-43(71)36(48)23(5)6)41(69)54-27(12-14-35(64)65)40(68)55-29(17-22(3)4)45(73)58-15-9-10-31(58)42(70)57-37(25(8)60)44(72)56-30(20-59)46(74)75/h21-31,36-37,59-60H,9-20,48H2,1-8H3,(H2,47,61)(H,49,66)(H,50,71)(H,51,67)(H,52,62)(H,53,63)(H,54,69)(H,55,68)(H,56,72)(H,57,70)(H,64,65)(H,74,75)/t24-,25+,26-,27-,28-,29-,30-,31-,36-,37-/m0/s1. The van der Waals surface area contributed by atoms with Gasteiger partial charge in [-0.15, -0.1) is 0 Å². The van der Waals surface area contributed by atoms with Crippen molar-refractivity contribution in [1.29, 1.82) is 0 Å². The summed E-state index contributed by atoms with van der Waals surface area (Å²) in [6.45, 7) is 10.4. The Hall–Kier alpha value is -7.01. The van der Waals surface area contributed by atoms with E-state index in [0.717, 1.165) is 11.8 Å². The van der Waals surface area contributed by atoms with Gasteiger partial charge in [0.25, 0.3) is 0 Å². The molecular weight excluding hydrogens is 993 g/mol. The van der Waals surface area contributed by atoms with Gasteiger partial charge in [-0.1, -0.05) is 41.5 Å². The van der Waals surface area contributed by atoms with Crippen molar-refractivity contribution in [3.8, 4) is 0 Å². The molecule has 1 heterocycles. The van der Waals surface area contributed by atoms with Crippen molar-refractivity contribution in [2.24, 2.45) is 29.2 Å². The van der Waals surface area contributed by atoms with Gasteiger partial charge in [-0.05, 0) is 70.1 Å². The molecule has 0 spiro atoms. The molecule has 0 unspecified atom stereocenters. The van der Waals surface area contributed by atoms with Crippen LogP contribution in [0.2, 0.25) is 0 Å². The van der Waals surface area contributed by atoms with E-state index in [1.807, 2.05) is 5.32 Å². The van der Waals surface area contributed by atoms with Gasteiger partial charge in [0.2, 0.25) is 65.0 Å². The lowest BCUT2D eigenvalue weighted by Crippen LogP contribution is -2.61. The van der Waals surface area contributed by atoms with Gasteiger partial charge < -0.3 is 84.6 Å². The largest absolute Gasteiger partial charge is 0.481 e. The van der Waals surface area contributed by atoms with E-state index >= 15 is 0 Å². The number of aliphatic hydroxyl groups is 2. The van der Waals surface area contributed by atoms with Crippen LogP contribution in [0.25, 0.3) is 0 Å². The number of carboxylic acid groups (broad SMARTS) is 2. The highest BCUT2D eigenvalue weighted by molar-refractivity contribution is 5.98. The molecule has 1 aliphatic heterocycles. The third-order valence-corrected chi connectivity index (χ3v) is 11.6. The number of aliphatic hydroxyl groups excluding tert-OH is 2. The number of carboxylic acids is 2. The van der Waals surface area contributed by atoms with Crippen LogP contribution in [-0.4, -0.2) is 189 Å². The summed E-state index contributed by atoms with van der Waals surface area (Å²) in [6, 6.07) is -12.6. The fourth-order valence-electron chi connectivity index (χ4n) is 7.42. The van der Waals surface area contributed by atoms with Crippen LogP contribution in [0.15, 0.2) is 0 Å². The van der Waals surface area contributed by atoms with Crippen molar-refractivity contribution in [3.63, 3.8) is 0 Å². The highest BCUT2D eigenvalue weighted by Crippen LogP contribution is 2.21. The molecule has 0 aromatic rings. The first-order valence-electron chi connectivity index (χ1n) is 24.6. The fraction of sp³-hybridized carbons (Fsp3) is 0.717. The molecule has 75 heavy (non-hydrogen) atoms. The van der Waals surface area contributed by atoms with Crippen LogP contribution in [-0.2, 0) is 62.3 Å². The summed E-state index contributed by atoms with van der Waals surface area (Å²) in [5.41, 5.74) is 11.0. The molecule has 0 radical (unpaired) electrons. The summed E-state index contributed by atoms with van der Waals surface area (Å²) >= 11 is 0. The Morgan fingerprint density at radius 3 is 1.57 bits per heavy atom. The van der Waals surface area contributed by atoms with Crippen LogP contribution in [0, 0.1) is 17.8 Å². The van der Waals surface area contributed by atoms with E-state index in [-0.39, 0.29) is 56.4 Å². The number of hydrogen-bond acceptors (Lipinski definition) is 16. The zero-order valence-electron chi connectivity index (χ0n) is 43.7. The van der Waals surface area contributed by atoms with E-state index < -0.39 is 170 Å². The number of likely N-dealkylation sites (tertiary alicyclic amines) is 1. The normalized spacial score (nSPS) is 16.8. The maximum absolute atomic E-state index is 14.2. The Labute approximate surface area is 434 Å². The molecule has 29 nitrogen and oxygen atoms in total. The molecule has 29 heteroatoms. The first kappa shape index (κ1) is 66.0. The summed E-state index contributed by atoms with van der Waals surface area (Å²) in [6.07, 6.45) is -2.94. The first-order valence-corrected chi connectivity index (χ1v) is 24.6. The minimum atomic E-state index is -1.75. The highest BCUT2D eigenvalue weighted by Gasteiger charge is 2.41. The Bertz CT molecular complexity index is 2050. The molecule has 0 aromatic carbocycles. The second-order valence-corrected chi connectivity index (χ2v) is 19.5. The van der Waals surface area contributed by atoms with Crippen molar-refractivity contribution in [2.45, 2.75) is 167 Å². The van der Waals surface area contributed by atoms with E-state index in [4.69, 9.17) is 11.5 Å². The average molecular weight is 1070 g/mol. The number of amides is 11. The number of carbonyl (C=O) groups is 13. The van der Waals surface area contributed by atoms with E-state index in [2.05, 4.69) is 42.5 Å². The smallest absolute Gasteiger partial charge is 0.328 e. The maximum Gasteiger partial charge on any atom is 0.328 e. The van der Waals surface area contributed by atoms with Gasteiger partial charge >= 0.3 is 11.9 Å². The molecule has 11 amide bonds. The number of aliphatic carboxylic acids is 2. The van der Waals surface area contributed by atoms with Crippen LogP contribution < -0.4 is 59.3 Å². The van der Waals surface area contributed by atoms with Crippen molar-refractivity contribution >= 4 is 76.9 Å². The van der Waals surface area contributed by atoms with Crippen molar-refractivity contribution in [2.75, 3.05) is 26.2 Å². The molecule has 0 bridgehead atoms. The second kappa shape index (κ2) is 32.3. The monoisotopic (exact) mass is 1070 g/mol. The number of nitrogens with one attached hydrogen (secondary N) is 9. The summed E-state index contributed by atoms with van der Waals surface area (Å²) in [4.78, 5) is 168. The molecule has 10 atom stereocenters. The Kier molecular flexibility index (Phi) is 28.5. The van der Waals surface area contributed by atoms with Gasteiger partial charge in [-0.2, -0.15) is 0 Å². The Morgan fingerprint density at radius 1 is 0.587 bits per heavy atom. The van der Waals surface area contributed by atoms with Gasteiger partial charge in [-0.25, -0.2) is 4.79 Å². The third-order valence-electron chi connectivity index (χ3n) is 11.6. The summed E-state index contributed by atoms with van der Waals surface area (Å²) < 4.78 is 0. The number of nitrogens with two attached hydrogens (primary N) is 2. The van der Waals surface area contributed by atoms with Crippen LogP contribution in [0.1, 0.15) is 107 Å². The SMILES string of the molecule is CC(C)C[C@H](NC(=O)CNC(=O)[C@H](C)NC(=O)[C@H](CCC(N)=O)NC(=O)CNC(=O)[C@@H](N)C(C)C)C(=O)N[C@@H](CCC(=O)O)C(=O)N[C@@H](CC(C)C)C(=O)N1CCC[C@H]1C(=O)N[C@H](C(=O)N[C@@H](CO)C(=O)O)[C@@H](C)O. The second-order valence-electron chi connectivity index (χ2n) is 19.5. The molecule has 1 aliphatic rings. The number of primary amides is 1. The minimum Gasteiger partial charge on any atom is -0.481 e. The predicted octanol–water partition coefficient (Wildman–Crippen LogP) is -5.71. The molecule has 0 aromatic heterocycles. The molecule has 1 fully saturated rings. The van der Waals surface area contributed by atoms with Gasteiger partial charge in [0, 0.05) is 19.4 Å².